The van der Waals surface area contributed by atoms with Crippen LogP contribution in [0.1, 0.15) is 39.5 Å². The summed E-state index contributed by atoms with van der Waals surface area (Å²) >= 11 is 0. The third kappa shape index (κ3) is 5.02. The zero-order chi connectivity index (χ0) is 13.3. The number of hydrogen-bond acceptors (Lipinski definition) is 4. The molecule has 0 atom stereocenters. The largest absolute Gasteiger partial charge is 0.394 e. The van der Waals surface area contributed by atoms with Crippen molar-refractivity contribution in [1.29, 1.82) is 0 Å². The highest BCUT2D eigenvalue weighted by molar-refractivity contribution is 5.79. The number of carbonyl (C=O) groups is 1. The second-order valence-electron chi connectivity index (χ2n) is 4.52. The summed E-state index contributed by atoms with van der Waals surface area (Å²) in [5, 5.41) is 30.0. The van der Waals surface area contributed by atoms with Gasteiger partial charge in [0.1, 0.15) is 5.54 Å². The number of rotatable bonds is 9. The summed E-state index contributed by atoms with van der Waals surface area (Å²) in [7, 11) is 0. The summed E-state index contributed by atoms with van der Waals surface area (Å²) in [5.41, 5.74) is -1.31. The number of aliphatic hydroxyl groups is 3. The van der Waals surface area contributed by atoms with Gasteiger partial charge >= 0.3 is 0 Å². The average molecular weight is 247 g/mol. The number of aliphatic hydroxyl groups excluding tert-OH is 3. The Labute approximate surface area is 103 Å². The Kier molecular flexibility index (Phi) is 8.12. The first kappa shape index (κ1) is 16.4. The molecule has 102 valence electrons. The third-order valence-corrected chi connectivity index (χ3v) is 2.94. The van der Waals surface area contributed by atoms with Crippen molar-refractivity contribution >= 4 is 5.91 Å². The van der Waals surface area contributed by atoms with E-state index in [1.807, 2.05) is 13.8 Å². The van der Waals surface area contributed by atoms with Gasteiger partial charge in [0.2, 0.25) is 5.91 Å². The van der Waals surface area contributed by atoms with Crippen LogP contribution in [0.25, 0.3) is 0 Å². The van der Waals surface area contributed by atoms with E-state index in [1.54, 1.807) is 0 Å². The van der Waals surface area contributed by atoms with Crippen molar-refractivity contribution in [3.8, 4) is 0 Å². The quantitative estimate of drug-likeness (QED) is 0.463. The first-order valence-electron chi connectivity index (χ1n) is 6.23. The maximum Gasteiger partial charge on any atom is 0.223 e. The molecular formula is C12H25NO4. The van der Waals surface area contributed by atoms with E-state index in [2.05, 4.69) is 5.32 Å². The van der Waals surface area contributed by atoms with Crippen molar-refractivity contribution in [2.24, 2.45) is 5.92 Å². The van der Waals surface area contributed by atoms with Crippen LogP contribution in [0.5, 0.6) is 0 Å². The normalized spacial score (nSPS) is 11.9. The summed E-state index contributed by atoms with van der Waals surface area (Å²) < 4.78 is 0. The van der Waals surface area contributed by atoms with Crippen molar-refractivity contribution < 1.29 is 20.1 Å². The molecule has 0 aliphatic rings. The topological polar surface area (TPSA) is 89.8 Å². The van der Waals surface area contributed by atoms with Crippen LogP contribution in [0.4, 0.5) is 0 Å². The van der Waals surface area contributed by atoms with Gasteiger partial charge in [-0.25, -0.2) is 0 Å². The second kappa shape index (κ2) is 8.44. The van der Waals surface area contributed by atoms with Gasteiger partial charge < -0.3 is 20.6 Å². The third-order valence-electron chi connectivity index (χ3n) is 2.94. The lowest BCUT2D eigenvalue weighted by atomic mass is 9.95. The molecular weight excluding hydrogens is 222 g/mol. The van der Waals surface area contributed by atoms with Gasteiger partial charge in [0, 0.05) is 5.92 Å². The predicted molar refractivity (Wildman–Crippen MR) is 65.4 cm³/mol. The molecule has 0 bridgehead atoms. The molecule has 0 spiro atoms. The first-order chi connectivity index (χ1) is 8.09. The fourth-order valence-corrected chi connectivity index (χ4v) is 1.74. The standard InChI is InChI=1S/C12H25NO4/c1-3-5-10(6-4-2)11(17)13-12(7-14,8-15)9-16/h10,14-16H,3-9H2,1-2H3,(H,13,17). The molecule has 5 nitrogen and oxygen atoms in total. The number of hydrogen-bond donors (Lipinski definition) is 4. The fourth-order valence-electron chi connectivity index (χ4n) is 1.74. The second-order valence-corrected chi connectivity index (χ2v) is 4.52. The van der Waals surface area contributed by atoms with Crippen molar-refractivity contribution in [3.63, 3.8) is 0 Å². The van der Waals surface area contributed by atoms with E-state index in [9.17, 15) is 4.79 Å². The van der Waals surface area contributed by atoms with Crippen LogP contribution in [0.2, 0.25) is 0 Å². The van der Waals surface area contributed by atoms with Crippen LogP contribution >= 0.6 is 0 Å². The van der Waals surface area contributed by atoms with E-state index in [1.165, 1.54) is 0 Å². The van der Waals surface area contributed by atoms with Gasteiger partial charge in [0.25, 0.3) is 0 Å². The van der Waals surface area contributed by atoms with E-state index in [-0.39, 0.29) is 11.8 Å². The van der Waals surface area contributed by atoms with E-state index >= 15 is 0 Å². The molecule has 0 saturated heterocycles. The molecule has 0 aromatic carbocycles. The molecule has 0 aromatic rings. The van der Waals surface area contributed by atoms with E-state index in [0.29, 0.717) is 0 Å². The SMILES string of the molecule is CCCC(CCC)C(=O)NC(CO)(CO)CO. The number of carbonyl (C=O) groups excluding carboxylic acids is 1. The summed E-state index contributed by atoms with van der Waals surface area (Å²) in [5.74, 6) is -0.320. The Balaban J connectivity index is 4.55. The fraction of sp³-hybridized carbons (Fsp3) is 0.917. The zero-order valence-corrected chi connectivity index (χ0v) is 10.8. The van der Waals surface area contributed by atoms with Crippen LogP contribution in [0, 0.1) is 5.92 Å². The minimum atomic E-state index is -1.31. The van der Waals surface area contributed by atoms with Crippen LogP contribution in [0.15, 0.2) is 0 Å². The van der Waals surface area contributed by atoms with Crippen molar-refractivity contribution in [1.82, 2.24) is 5.32 Å². The lowest BCUT2D eigenvalue weighted by Crippen LogP contribution is -2.58. The summed E-state index contributed by atoms with van der Waals surface area (Å²) in [4.78, 5) is 12.0. The lowest BCUT2D eigenvalue weighted by Gasteiger charge is -2.30. The highest BCUT2D eigenvalue weighted by Gasteiger charge is 2.32. The Morgan fingerprint density at radius 2 is 1.47 bits per heavy atom. The molecule has 5 heteroatoms. The van der Waals surface area contributed by atoms with Crippen LogP contribution in [0.3, 0.4) is 0 Å². The monoisotopic (exact) mass is 247 g/mol. The Bertz CT molecular complexity index is 202. The molecule has 0 saturated carbocycles. The molecule has 0 aromatic heterocycles. The average Bonchev–Trinajstić information content (AvgIpc) is 2.35. The molecule has 0 rings (SSSR count). The van der Waals surface area contributed by atoms with E-state index < -0.39 is 25.4 Å². The molecule has 4 N–H and O–H groups in total. The predicted octanol–water partition coefficient (Wildman–Crippen LogP) is 0.0347. The van der Waals surface area contributed by atoms with E-state index in [0.717, 1.165) is 25.7 Å². The number of nitrogens with one attached hydrogen (secondary N) is 1. The number of amides is 1. The highest BCUT2D eigenvalue weighted by Crippen LogP contribution is 2.15. The van der Waals surface area contributed by atoms with E-state index in [4.69, 9.17) is 15.3 Å². The van der Waals surface area contributed by atoms with Gasteiger partial charge in [-0.15, -0.1) is 0 Å². The van der Waals surface area contributed by atoms with Crippen molar-refractivity contribution in [2.75, 3.05) is 19.8 Å². The van der Waals surface area contributed by atoms with Gasteiger partial charge in [-0.2, -0.15) is 0 Å². The van der Waals surface area contributed by atoms with Crippen LogP contribution < -0.4 is 5.32 Å². The first-order valence-corrected chi connectivity index (χ1v) is 6.23. The Morgan fingerprint density at radius 1 is 1.06 bits per heavy atom. The molecule has 0 aliphatic carbocycles. The van der Waals surface area contributed by atoms with Gasteiger partial charge in [-0.3, -0.25) is 4.79 Å². The molecule has 17 heavy (non-hydrogen) atoms. The maximum atomic E-state index is 12.0. The summed E-state index contributed by atoms with van der Waals surface area (Å²) in [6, 6.07) is 0. The van der Waals surface area contributed by atoms with Crippen molar-refractivity contribution in [3.05, 3.63) is 0 Å². The van der Waals surface area contributed by atoms with Crippen molar-refractivity contribution in [2.45, 2.75) is 45.1 Å². The van der Waals surface area contributed by atoms with Gasteiger partial charge in [-0.05, 0) is 12.8 Å². The summed E-state index contributed by atoms with van der Waals surface area (Å²) in [6.45, 7) is 2.59. The smallest absolute Gasteiger partial charge is 0.223 e. The van der Waals surface area contributed by atoms with Gasteiger partial charge in [0.05, 0.1) is 19.8 Å². The Hall–Kier alpha value is -0.650. The highest BCUT2D eigenvalue weighted by atomic mass is 16.3. The molecule has 0 radical (unpaired) electrons. The van der Waals surface area contributed by atoms with Crippen LogP contribution in [-0.4, -0.2) is 46.6 Å². The Morgan fingerprint density at radius 3 is 1.76 bits per heavy atom. The lowest BCUT2D eigenvalue weighted by molar-refractivity contribution is -0.129. The minimum absolute atomic E-state index is 0.117. The van der Waals surface area contributed by atoms with Gasteiger partial charge in [0.15, 0.2) is 0 Å². The summed E-state index contributed by atoms with van der Waals surface area (Å²) in [6.07, 6.45) is 3.36. The molecule has 0 heterocycles. The molecule has 0 unspecified atom stereocenters. The van der Waals surface area contributed by atoms with Gasteiger partial charge in [-0.1, -0.05) is 26.7 Å². The van der Waals surface area contributed by atoms with Crippen LogP contribution in [-0.2, 0) is 4.79 Å². The molecule has 1 amide bonds. The minimum Gasteiger partial charge on any atom is -0.394 e. The molecule has 0 fully saturated rings. The zero-order valence-electron chi connectivity index (χ0n) is 10.8. The molecule has 0 aliphatic heterocycles. The maximum absolute atomic E-state index is 12.0.